The summed E-state index contributed by atoms with van der Waals surface area (Å²) in [4.78, 5) is 11.8. The van der Waals surface area contributed by atoms with Crippen molar-refractivity contribution in [1.82, 2.24) is 10.6 Å². The third-order valence-electron chi connectivity index (χ3n) is 4.41. The first-order chi connectivity index (χ1) is 9.34. The Kier molecular flexibility index (Phi) is 8.95. The van der Waals surface area contributed by atoms with E-state index in [1.54, 1.807) is 0 Å². The van der Waals surface area contributed by atoms with Gasteiger partial charge in [0.1, 0.15) is 0 Å². The number of hydrogen-bond acceptors (Lipinski definition) is 2. The molecule has 3 nitrogen and oxygen atoms in total. The van der Waals surface area contributed by atoms with Crippen LogP contribution in [0.4, 0.5) is 0 Å². The summed E-state index contributed by atoms with van der Waals surface area (Å²) in [6.45, 7) is 2.75. The van der Waals surface area contributed by atoms with Crippen molar-refractivity contribution < 1.29 is 4.79 Å². The molecule has 0 aromatic rings. The second-order valence-electron chi connectivity index (χ2n) is 5.99. The van der Waals surface area contributed by atoms with Gasteiger partial charge in [-0.05, 0) is 31.7 Å². The van der Waals surface area contributed by atoms with Crippen LogP contribution >= 0.6 is 12.4 Å². The molecule has 0 bridgehead atoms. The normalized spacial score (nSPS) is 19.9. The molecule has 2 rings (SSSR count). The Morgan fingerprint density at radius 2 is 2.10 bits per heavy atom. The minimum absolute atomic E-state index is 0. The number of hydrogen-bond donors (Lipinski definition) is 2. The van der Waals surface area contributed by atoms with E-state index in [4.69, 9.17) is 0 Å². The van der Waals surface area contributed by atoms with Gasteiger partial charge >= 0.3 is 0 Å². The van der Waals surface area contributed by atoms with Gasteiger partial charge in [0.15, 0.2) is 0 Å². The maximum absolute atomic E-state index is 11.8. The van der Waals surface area contributed by atoms with Gasteiger partial charge in [-0.1, -0.05) is 43.8 Å². The van der Waals surface area contributed by atoms with Crippen molar-refractivity contribution in [3.8, 4) is 0 Å². The molecule has 116 valence electrons. The van der Waals surface area contributed by atoms with Crippen LogP contribution in [0.2, 0.25) is 0 Å². The number of carbonyl (C=O) groups is 1. The van der Waals surface area contributed by atoms with E-state index < -0.39 is 0 Å². The first-order valence-corrected chi connectivity index (χ1v) is 8.00. The molecule has 1 fully saturated rings. The number of rotatable bonds is 6. The van der Waals surface area contributed by atoms with Gasteiger partial charge in [-0.2, -0.15) is 0 Å². The van der Waals surface area contributed by atoms with E-state index in [9.17, 15) is 4.79 Å². The lowest BCUT2D eigenvalue weighted by atomic mass is 9.86. The van der Waals surface area contributed by atoms with Gasteiger partial charge in [0, 0.05) is 19.5 Å². The fraction of sp³-hybridized carbons (Fsp3) is 0.812. The van der Waals surface area contributed by atoms with Crippen LogP contribution in [0.15, 0.2) is 11.6 Å². The van der Waals surface area contributed by atoms with E-state index in [1.807, 2.05) is 0 Å². The molecule has 0 saturated heterocycles. The van der Waals surface area contributed by atoms with Crippen LogP contribution in [0.25, 0.3) is 0 Å². The highest BCUT2D eigenvalue weighted by molar-refractivity contribution is 5.85. The lowest BCUT2D eigenvalue weighted by molar-refractivity contribution is -0.121. The molecule has 4 heteroatoms. The van der Waals surface area contributed by atoms with Crippen molar-refractivity contribution in [2.45, 2.75) is 57.8 Å². The SMILES string of the molecule is Cl.O=C(CCCC1CCCCC1)NCC1=CCNCC1. The van der Waals surface area contributed by atoms with Crippen LogP contribution in [-0.2, 0) is 4.79 Å². The first-order valence-electron chi connectivity index (χ1n) is 8.00. The maximum atomic E-state index is 11.8. The molecule has 1 aliphatic carbocycles. The van der Waals surface area contributed by atoms with Gasteiger partial charge in [-0.25, -0.2) is 0 Å². The van der Waals surface area contributed by atoms with Crippen LogP contribution in [0.1, 0.15) is 57.8 Å². The van der Waals surface area contributed by atoms with E-state index in [0.29, 0.717) is 6.42 Å². The Balaban J connectivity index is 0.00000200. The van der Waals surface area contributed by atoms with Gasteiger partial charge in [0.05, 0.1) is 0 Å². The molecule has 2 aliphatic rings. The highest BCUT2D eigenvalue weighted by Gasteiger charge is 2.13. The number of carbonyl (C=O) groups excluding carboxylic acids is 1. The predicted octanol–water partition coefficient (Wildman–Crippen LogP) is 3.19. The minimum atomic E-state index is 0. The smallest absolute Gasteiger partial charge is 0.220 e. The van der Waals surface area contributed by atoms with Crippen molar-refractivity contribution in [2.24, 2.45) is 5.92 Å². The quantitative estimate of drug-likeness (QED) is 0.740. The summed E-state index contributed by atoms with van der Waals surface area (Å²) < 4.78 is 0. The maximum Gasteiger partial charge on any atom is 0.220 e. The van der Waals surface area contributed by atoms with Gasteiger partial charge in [0.2, 0.25) is 5.91 Å². The van der Waals surface area contributed by atoms with Crippen molar-refractivity contribution >= 4 is 18.3 Å². The average molecular weight is 301 g/mol. The average Bonchev–Trinajstić information content (AvgIpc) is 2.47. The molecule has 20 heavy (non-hydrogen) atoms. The molecular formula is C16H29ClN2O. The zero-order valence-corrected chi connectivity index (χ0v) is 13.3. The zero-order valence-electron chi connectivity index (χ0n) is 12.5. The first kappa shape index (κ1) is 17.5. The Bertz CT molecular complexity index is 312. The second kappa shape index (κ2) is 10.2. The molecule has 1 heterocycles. The molecular weight excluding hydrogens is 272 g/mol. The molecule has 1 saturated carbocycles. The van der Waals surface area contributed by atoms with Gasteiger partial charge in [0.25, 0.3) is 0 Å². The highest BCUT2D eigenvalue weighted by Crippen LogP contribution is 2.27. The van der Waals surface area contributed by atoms with Crippen molar-refractivity contribution in [3.05, 3.63) is 11.6 Å². The summed E-state index contributed by atoms with van der Waals surface area (Å²) in [6.07, 6.45) is 13.3. The topological polar surface area (TPSA) is 41.1 Å². The van der Waals surface area contributed by atoms with E-state index >= 15 is 0 Å². The molecule has 1 amide bonds. The van der Waals surface area contributed by atoms with E-state index in [2.05, 4.69) is 16.7 Å². The third kappa shape index (κ3) is 6.76. The largest absolute Gasteiger partial charge is 0.352 e. The molecule has 0 spiro atoms. The number of nitrogens with one attached hydrogen (secondary N) is 2. The van der Waals surface area contributed by atoms with E-state index in [-0.39, 0.29) is 18.3 Å². The zero-order chi connectivity index (χ0) is 13.3. The molecule has 1 aliphatic heterocycles. The van der Waals surface area contributed by atoms with Crippen LogP contribution in [-0.4, -0.2) is 25.5 Å². The molecule has 2 N–H and O–H groups in total. The molecule has 0 unspecified atom stereocenters. The van der Waals surface area contributed by atoms with Gasteiger partial charge < -0.3 is 10.6 Å². The molecule has 0 radical (unpaired) electrons. The summed E-state index contributed by atoms with van der Waals surface area (Å²) in [5.74, 6) is 1.13. The van der Waals surface area contributed by atoms with Crippen LogP contribution in [0, 0.1) is 5.92 Å². The molecule has 0 atom stereocenters. The Hall–Kier alpha value is -0.540. The number of amides is 1. The summed E-state index contributed by atoms with van der Waals surface area (Å²) >= 11 is 0. The summed E-state index contributed by atoms with van der Waals surface area (Å²) in [5, 5.41) is 6.34. The highest BCUT2D eigenvalue weighted by atomic mass is 35.5. The molecule has 0 aromatic carbocycles. The van der Waals surface area contributed by atoms with Gasteiger partial charge in [-0.15, -0.1) is 12.4 Å². The summed E-state index contributed by atoms with van der Waals surface area (Å²) in [7, 11) is 0. The van der Waals surface area contributed by atoms with Crippen LogP contribution < -0.4 is 10.6 Å². The minimum Gasteiger partial charge on any atom is -0.352 e. The van der Waals surface area contributed by atoms with Crippen molar-refractivity contribution in [1.29, 1.82) is 0 Å². The molecule has 0 aromatic heterocycles. The third-order valence-corrected chi connectivity index (χ3v) is 4.41. The van der Waals surface area contributed by atoms with Gasteiger partial charge in [-0.3, -0.25) is 4.79 Å². The lowest BCUT2D eigenvalue weighted by Gasteiger charge is -2.21. The lowest BCUT2D eigenvalue weighted by Crippen LogP contribution is -2.29. The van der Waals surface area contributed by atoms with Crippen molar-refractivity contribution in [3.63, 3.8) is 0 Å². The monoisotopic (exact) mass is 300 g/mol. The van der Waals surface area contributed by atoms with Crippen molar-refractivity contribution in [2.75, 3.05) is 19.6 Å². The van der Waals surface area contributed by atoms with Crippen LogP contribution in [0.5, 0.6) is 0 Å². The number of halogens is 1. The standard InChI is InChI=1S/C16H28N2O.ClH/c19-16(18-13-15-9-11-17-12-10-15)8-4-7-14-5-2-1-3-6-14;/h9,14,17H,1-8,10-13H2,(H,18,19);1H. The van der Waals surface area contributed by atoms with E-state index in [1.165, 1.54) is 44.1 Å². The van der Waals surface area contributed by atoms with Crippen LogP contribution in [0.3, 0.4) is 0 Å². The summed E-state index contributed by atoms with van der Waals surface area (Å²) in [6, 6.07) is 0. The Morgan fingerprint density at radius 1 is 1.30 bits per heavy atom. The fourth-order valence-corrected chi connectivity index (χ4v) is 3.16. The fourth-order valence-electron chi connectivity index (χ4n) is 3.16. The Morgan fingerprint density at radius 3 is 2.80 bits per heavy atom. The second-order valence-corrected chi connectivity index (χ2v) is 5.99. The summed E-state index contributed by atoms with van der Waals surface area (Å²) in [5.41, 5.74) is 1.37. The Labute approximate surface area is 129 Å². The predicted molar refractivity (Wildman–Crippen MR) is 86.3 cm³/mol. The van der Waals surface area contributed by atoms with E-state index in [0.717, 1.165) is 38.4 Å².